The van der Waals surface area contributed by atoms with Crippen LogP contribution in [-0.4, -0.2) is 49.5 Å². The second kappa shape index (κ2) is 11.2. The molecule has 0 saturated carbocycles. The Morgan fingerprint density at radius 3 is 2.42 bits per heavy atom. The summed E-state index contributed by atoms with van der Waals surface area (Å²) in [6.07, 6.45) is 4.28. The molecule has 0 radical (unpaired) electrons. The van der Waals surface area contributed by atoms with Crippen LogP contribution in [-0.2, 0) is 0 Å². The van der Waals surface area contributed by atoms with Crippen LogP contribution in [0.3, 0.4) is 0 Å². The summed E-state index contributed by atoms with van der Waals surface area (Å²) < 4.78 is 0.569. The molecule has 24 heavy (non-hydrogen) atoms. The molecule has 1 aliphatic heterocycles. The summed E-state index contributed by atoms with van der Waals surface area (Å²) >= 11 is 12.9. The Balaban J connectivity index is 0.000000232. The normalized spacial score (nSPS) is 15.0. The van der Waals surface area contributed by atoms with Gasteiger partial charge in [0.2, 0.25) is 0 Å². The monoisotopic (exact) mass is 448 g/mol. The molecule has 1 aliphatic rings. The van der Waals surface area contributed by atoms with E-state index in [-0.39, 0.29) is 17.1 Å². The van der Waals surface area contributed by atoms with E-state index in [1.165, 1.54) is 12.8 Å². The van der Waals surface area contributed by atoms with Crippen molar-refractivity contribution in [3.05, 3.63) is 36.5 Å². The molecule has 2 N–H and O–H groups in total. The van der Waals surface area contributed by atoms with Crippen molar-refractivity contribution in [2.24, 2.45) is 5.92 Å². The van der Waals surface area contributed by atoms with Crippen LogP contribution in [0.15, 0.2) is 41.6 Å². The van der Waals surface area contributed by atoms with Crippen LogP contribution in [0.5, 0.6) is 0 Å². The average molecular weight is 448 g/mol. The average Bonchev–Trinajstić information content (AvgIpc) is 2.97. The molecule has 2 aromatic rings. The number of H-pyrrole nitrogens is 1. The van der Waals surface area contributed by atoms with E-state index in [0.717, 1.165) is 30.4 Å². The Kier molecular flexibility index (Phi) is 10.0. The Morgan fingerprint density at radius 1 is 1.29 bits per heavy atom. The predicted octanol–water partition coefficient (Wildman–Crippen LogP) is 2.89. The van der Waals surface area contributed by atoms with Gasteiger partial charge in [-0.1, -0.05) is 49.5 Å². The van der Waals surface area contributed by atoms with Gasteiger partial charge in [0, 0.05) is 24.8 Å². The number of nitrogens with zero attached hydrogens (tertiary/aromatic N) is 2. The summed E-state index contributed by atoms with van der Waals surface area (Å²) in [5.74, 6) is 1.72. The van der Waals surface area contributed by atoms with E-state index >= 15 is 0 Å². The van der Waals surface area contributed by atoms with Crippen molar-refractivity contribution in [2.75, 3.05) is 13.1 Å². The number of piperidine rings is 1. The first-order valence-electron chi connectivity index (χ1n) is 7.59. The molecule has 1 aromatic heterocycles. The number of rotatable bonds is 2. The van der Waals surface area contributed by atoms with Crippen LogP contribution < -0.4 is 5.43 Å². The van der Waals surface area contributed by atoms with Gasteiger partial charge in [-0.2, -0.15) is 0 Å². The molecule has 1 saturated heterocycles. The summed E-state index contributed by atoms with van der Waals surface area (Å²) in [6.45, 7) is 4.46. The zero-order valence-corrected chi connectivity index (χ0v) is 18.3. The third-order valence-electron chi connectivity index (χ3n) is 3.65. The van der Waals surface area contributed by atoms with Crippen LogP contribution in [0.2, 0.25) is 0 Å². The first-order valence-corrected chi connectivity index (χ1v) is 8.89. The zero-order valence-electron chi connectivity index (χ0n) is 13.6. The summed E-state index contributed by atoms with van der Waals surface area (Å²) in [5, 5.41) is 2.85. The van der Waals surface area contributed by atoms with Crippen molar-refractivity contribution >= 4 is 58.9 Å². The Labute approximate surface area is 170 Å². The van der Waals surface area contributed by atoms with Gasteiger partial charge in [-0.05, 0) is 18.8 Å². The molecule has 1 aromatic carbocycles. The van der Waals surface area contributed by atoms with Gasteiger partial charge in [-0.25, -0.2) is 9.99 Å². The summed E-state index contributed by atoms with van der Waals surface area (Å²) in [6, 6.07) is 9.96. The van der Waals surface area contributed by atoms with Crippen LogP contribution in [0, 0.1) is 5.92 Å². The predicted molar refractivity (Wildman–Crippen MR) is 115 cm³/mol. The molecule has 3 rings (SSSR count). The number of imidazole rings is 1. The number of thiol groups is 2. The van der Waals surface area contributed by atoms with Crippen LogP contribution >= 0.6 is 37.5 Å². The standard InChI is InChI=1S/C9H8N2S.C7H14N2S2.H2Se/c12-8-6-10-9(11-8)7-4-2-1-3-5-7;1-6-2-4-9(5-3-6)8-7(10)11;/h1-6,12H,(H,10,11);6H,2-5H2,1H3,(H2,8,10,11);1H2. The molecule has 8 heteroatoms. The molecule has 0 amide bonds. The number of thiocarbonyl (C=S) groups is 1. The number of nitrogens with one attached hydrogen (secondary N) is 2. The van der Waals surface area contributed by atoms with Crippen molar-refractivity contribution < 1.29 is 0 Å². The number of aromatic nitrogens is 2. The number of hydrogen-bond donors (Lipinski definition) is 4. The quantitative estimate of drug-likeness (QED) is 0.325. The zero-order chi connectivity index (χ0) is 16.7. The van der Waals surface area contributed by atoms with E-state index in [2.05, 4.69) is 52.6 Å². The summed E-state index contributed by atoms with van der Waals surface area (Å²) in [5.41, 5.74) is 4.11. The number of hydrogen-bond acceptors (Lipinski definition) is 4. The van der Waals surface area contributed by atoms with Crippen molar-refractivity contribution in [2.45, 2.75) is 24.8 Å². The van der Waals surface area contributed by atoms with Gasteiger partial charge in [0.05, 0.1) is 0 Å². The van der Waals surface area contributed by atoms with Crippen molar-refractivity contribution in [1.82, 2.24) is 20.4 Å². The van der Waals surface area contributed by atoms with Crippen molar-refractivity contribution in [3.63, 3.8) is 0 Å². The Hall–Kier alpha value is -0.501. The van der Waals surface area contributed by atoms with Gasteiger partial charge in [-0.3, -0.25) is 0 Å². The molecule has 1 fully saturated rings. The van der Waals surface area contributed by atoms with Gasteiger partial charge in [-0.15, -0.1) is 25.3 Å². The van der Waals surface area contributed by atoms with Gasteiger partial charge < -0.3 is 10.4 Å². The maximum atomic E-state index is 4.82. The SMILES string of the molecule is CC1CCN(NC(=S)S)CC1.Sc1c[nH]c(-c2ccccc2)n1.[SeH2]. The first kappa shape index (κ1) is 21.5. The van der Waals surface area contributed by atoms with Crippen LogP contribution in [0.4, 0.5) is 0 Å². The summed E-state index contributed by atoms with van der Waals surface area (Å²) in [7, 11) is 0. The minimum atomic E-state index is 0. The fourth-order valence-electron chi connectivity index (χ4n) is 2.31. The van der Waals surface area contributed by atoms with E-state index in [1.54, 1.807) is 6.20 Å². The molecule has 0 atom stereocenters. The van der Waals surface area contributed by atoms with Gasteiger partial charge >= 0.3 is 17.1 Å². The molecule has 0 aliphatic carbocycles. The number of hydrazine groups is 1. The van der Waals surface area contributed by atoms with Crippen LogP contribution in [0.25, 0.3) is 11.4 Å². The fourth-order valence-corrected chi connectivity index (χ4v) is 2.75. The van der Waals surface area contributed by atoms with Crippen molar-refractivity contribution in [1.29, 1.82) is 0 Å². The van der Waals surface area contributed by atoms with Crippen molar-refractivity contribution in [3.8, 4) is 11.4 Å². The molecule has 132 valence electrons. The van der Waals surface area contributed by atoms with E-state index in [1.807, 2.05) is 30.3 Å². The van der Waals surface area contributed by atoms with Gasteiger partial charge in [0.15, 0.2) is 0 Å². The second-order valence-electron chi connectivity index (χ2n) is 5.56. The topological polar surface area (TPSA) is 44.0 Å². The molecular weight excluding hydrogens is 423 g/mol. The Bertz CT molecular complexity index is 613. The third-order valence-corrected chi connectivity index (χ3v) is 4.07. The molecule has 0 spiro atoms. The van der Waals surface area contributed by atoms with E-state index in [0.29, 0.717) is 9.35 Å². The van der Waals surface area contributed by atoms with Crippen LogP contribution in [0.1, 0.15) is 19.8 Å². The number of benzene rings is 1. The third kappa shape index (κ3) is 7.59. The fraction of sp³-hybridized carbons (Fsp3) is 0.375. The van der Waals surface area contributed by atoms with E-state index < -0.39 is 0 Å². The molecule has 2 heterocycles. The Morgan fingerprint density at radius 2 is 1.92 bits per heavy atom. The summed E-state index contributed by atoms with van der Waals surface area (Å²) in [4.78, 5) is 7.22. The second-order valence-corrected chi connectivity index (χ2v) is 7.18. The van der Waals surface area contributed by atoms with E-state index in [9.17, 15) is 0 Å². The molecule has 4 nitrogen and oxygen atoms in total. The molecule has 0 bridgehead atoms. The molecule has 0 unspecified atom stereocenters. The maximum absolute atomic E-state index is 4.82. The first-order chi connectivity index (χ1) is 11.0. The van der Waals surface area contributed by atoms with Gasteiger partial charge in [0.1, 0.15) is 15.2 Å². The minimum absolute atomic E-state index is 0. The molecular formula is C16H24N4S3Se. The number of aromatic amines is 1. The van der Waals surface area contributed by atoms with E-state index in [4.69, 9.17) is 12.2 Å². The van der Waals surface area contributed by atoms with Gasteiger partial charge in [0.25, 0.3) is 0 Å².